The van der Waals surface area contributed by atoms with Crippen LogP contribution in [-0.4, -0.2) is 63.0 Å². The Labute approximate surface area is 121 Å². The first-order valence-corrected chi connectivity index (χ1v) is 7.67. The van der Waals surface area contributed by atoms with Crippen LogP contribution in [0.25, 0.3) is 0 Å². The van der Waals surface area contributed by atoms with E-state index in [2.05, 4.69) is 0 Å². The fourth-order valence-corrected chi connectivity index (χ4v) is 3.20. The van der Waals surface area contributed by atoms with Crippen molar-refractivity contribution in [3.63, 3.8) is 0 Å². The maximum absolute atomic E-state index is 12.3. The van der Waals surface area contributed by atoms with E-state index in [4.69, 9.17) is 14.2 Å². The van der Waals surface area contributed by atoms with Crippen molar-refractivity contribution in [2.24, 2.45) is 0 Å². The molecule has 2 aliphatic rings. The number of methoxy groups -OCH3 is 2. The van der Waals surface area contributed by atoms with Crippen molar-refractivity contribution in [2.45, 2.75) is 56.8 Å². The Kier molecular flexibility index (Phi) is 6.26. The van der Waals surface area contributed by atoms with Gasteiger partial charge in [0.15, 0.2) is 0 Å². The Morgan fingerprint density at radius 1 is 1.15 bits per heavy atom. The second-order valence-corrected chi connectivity index (χ2v) is 5.82. The van der Waals surface area contributed by atoms with Crippen molar-refractivity contribution in [1.29, 1.82) is 0 Å². The Morgan fingerprint density at radius 2 is 1.90 bits per heavy atom. The molecule has 116 valence electrons. The Balaban J connectivity index is 1.80. The third-order valence-corrected chi connectivity index (χ3v) is 4.38. The summed E-state index contributed by atoms with van der Waals surface area (Å²) in [5.74, 6) is 0.0668. The SMILES string of the molecule is COC[C@@H]1C[C@H](OC)CN1C(=O)COC1CCCCC1. The highest BCUT2D eigenvalue weighted by molar-refractivity contribution is 5.78. The topological polar surface area (TPSA) is 48.0 Å². The first-order valence-electron chi connectivity index (χ1n) is 7.67. The van der Waals surface area contributed by atoms with Gasteiger partial charge in [0.05, 0.1) is 24.9 Å². The summed E-state index contributed by atoms with van der Waals surface area (Å²) in [6, 6.07) is 0.118. The second-order valence-electron chi connectivity index (χ2n) is 5.82. The van der Waals surface area contributed by atoms with Gasteiger partial charge in [-0.15, -0.1) is 0 Å². The maximum Gasteiger partial charge on any atom is 0.249 e. The molecule has 20 heavy (non-hydrogen) atoms. The van der Waals surface area contributed by atoms with E-state index in [1.807, 2.05) is 4.90 Å². The Morgan fingerprint density at radius 3 is 2.55 bits per heavy atom. The minimum absolute atomic E-state index is 0.0668. The molecule has 5 heteroatoms. The van der Waals surface area contributed by atoms with Crippen LogP contribution in [-0.2, 0) is 19.0 Å². The summed E-state index contributed by atoms with van der Waals surface area (Å²) in [5.41, 5.74) is 0. The van der Waals surface area contributed by atoms with E-state index in [1.54, 1.807) is 14.2 Å². The van der Waals surface area contributed by atoms with Crippen LogP contribution in [0, 0.1) is 0 Å². The third kappa shape index (κ3) is 4.17. The van der Waals surface area contributed by atoms with Crippen molar-refractivity contribution in [2.75, 3.05) is 34.0 Å². The smallest absolute Gasteiger partial charge is 0.249 e. The lowest BCUT2D eigenvalue weighted by atomic mass is 9.98. The molecular weight excluding hydrogens is 258 g/mol. The van der Waals surface area contributed by atoms with E-state index in [0.717, 1.165) is 19.3 Å². The monoisotopic (exact) mass is 285 g/mol. The van der Waals surface area contributed by atoms with Crippen LogP contribution in [0.2, 0.25) is 0 Å². The van der Waals surface area contributed by atoms with Crippen molar-refractivity contribution >= 4 is 5.91 Å². The average Bonchev–Trinajstić information content (AvgIpc) is 2.89. The van der Waals surface area contributed by atoms with E-state index in [0.29, 0.717) is 13.2 Å². The van der Waals surface area contributed by atoms with Crippen LogP contribution in [0.5, 0.6) is 0 Å². The molecule has 1 amide bonds. The van der Waals surface area contributed by atoms with Crippen LogP contribution in [0.1, 0.15) is 38.5 Å². The molecule has 5 nitrogen and oxygen atoms in total. The van der Waals surface area contributed by atoms with Gasteiger partial charge in [-0.05, 0) is 19.3 Å². The molecule has 0 aromatic carbocycles. The largest absolute Gasteiger partial charge is 0.383 e. The summed E-state index contributed by atoms with van der Waals surface area (Å²) in [7, 11) is 3.36. The van der Waals surface area contributed by atoms with Gasteiger partial charge in [0.25, 0.3) is 0 Å². The van der Waals surface area contributed by atoms with Gasteiger partial charge in [0.1, 0.15) is 6.61 Å². The van der Waals surface area contributed by atoms with Crippen LogP contribution in [0.4, 0.5) is 0 Å². The number of hydrogen-bond donors (Lipinski definition) is 0. The van der Waals surface area contributed by atoms with Gasteiger partial charge in [-0.25, -0.2) is 0 Å². The lowest BCUT2D eigenvalue weighted by Gasteiger charge is -2.26. The van der Waals surface area contributed by atoms with Crippen molar-refractivity contribution in [3.8, 4) is 0 Å². The molecule has 0 aromatic heterocycles. The van der Waals surface area contributed by atoms with Crippen LogP contribution >= 0.6 is 0 Å². The van der Waals surface area contributed by atoms with E-state index in [-0.39, 0.29) is 30.8 Å². The quantitative estimate of drug-likeness (QED) is 0.744. The summed E-state index contributed by atoms with van der Waals surface area (Å²) < 4.78 is 16.4. The number of rotatable bonds is 6. The highest BCUT2D eigenvalue weighted by atomic mass is 16.5. The zero-order valence-corrected chi connectivity index (χ0v) is 12.7. The fourth-order valence-electron chi connectivity index (χ4n) is 3.20. The lowest BCUT2D eigenvalue weighted by Crippen LogP contribution is -2.41. The highest BCUT2D eigenvalue weighted by Gasteiger charge is 2.35. The molecule has 0 N–H and O–H groups in total. The molecule has 1 aliphatic carbocycles. The molecule has 0 aromatic rings. The summed E-state index contributed by atoms with van der Waals surface area (Å²) >= 11 is 0. The second kappa shape index (κ2) is 7.96. The van der Waals surface area contributed by atoms with Gasteiger partial charge in [0.2, 0.25) is 5.91 Å². The maximum atomic E-state index is 12.3. The first-order chi connectivity index (χ1) is 9.74. The standard InChI is InChI=1S/C15H27NO4/c1-18-10-12-8-14(19-2)9-16(12)15(17)11-20-13-6-4-3-5-7-13/h12-14H,3-11H2,1-2H3/t12-,14-/m0/s1. The van der Waals surface area contributed by atoms with E-state index in [1.165, 1.54) is 19.3 Å². The van der Waals surface area contributed by atoms with E-state index in [9.17, 15) is 4.79 Å². The number of likely N-dealkylation sites (tertiary alicyclic amines) is 1. The van der Waals surface area contributed by atoms with Gasteiger partial charge < -0.3 is 19.1 Å². The Bertz CT molecular complexity index is 304. The molecule has 2 fully saturated rings. The van der Waals surface area contributed by atoms with Crippen LogP contribution in [0.3, 0.4) is 0 Å². The third-order valence-electron chi connectivity index (χ3n) is 4.38. The number of carbonyl (C=O) groups is 1. The van der Waals surface area contributed by atoms with Crippen LogP contribution in [0.15, 0.2) is 0 Å². The molecule has 2 atom stereocenters. The molecule has 0 spiro atoms. The van der Waals surface area contributed by atoms with Gasteiger partial charge in [-0.1, -0.05) is 19.3 Å². The van der Waals surface area contributed by atoms with Crippen molar-refractivity contribution < 1.29 is 19.0 Å². The predicted molar refractivity (Wildman–Crippen MR) is 75.6 cm³/mol. The number of nitrogens with zero attached hydrogens (tertiary/aromatic N) is 1. The lowest BCUT2D eigenvalue weighted by molar-refractivity contribution is -0.140. The minimum atomic E-state index is 0.0668. The zero-order chi connectivity index (χ0) is 14.4. The molecule has 1 aliphatic heterocycles. The van der Waals surface area contributed by atoms with Gasteiger partial charge in [0, 0.05) is 20.8 Å². The van der Waals surface area contributed by atoms with Gasteiger partial charge >= 0.3 is 0 Å². The summed E-state index contributed by atoms with van der Waals surface area (Å²) in [4.78, 5) is 14.2. The normalized spacial score (nSPS) is 28.0. The molecule has 1 saturated carbocycles. The summed E-state index contributed by atoms with van der Waals surface area (Å²) in [6.07, 6.45) is 7.17. The summed E-state index contributed by atoms with van der Waals surface area (Å²) in [5, 5.41) is 0. The van der Waals surface area contributed by atoms with Crippen molar-refractivity contribution in [1.82, 2.24) is 4.90 Å². The van der Waals surface area contributed by atoms with E-state index < -0.39 is 0 Å². The zero-order valence-electron chi connectivity index (χ0n) is 12.7. The van der Waals surface area contributed by atoms with Gasteiger partial charge in [-0.3, -0.25) is 4.79 Å². The van der Waals surface area contributed by atoms with E-state index >= 15 is 0 Å². The molecule has 1 heterocycles. The van der Waals surface area contributed by atoms with Gasteiger partial charge in [-0.2, -0.15) is 0 Å². The fraction of sp³-hybridized carbons (Fsp3) is 0.933. The molecule has 1 saturated heterocycles. The summed E-state index contributed by atoms with van der Waals surface area (Å²) in [6.45, 7) is 1.41. The predicted octanol–water partition coefficient (Wildman–Crippen LogP) is 1.60. The molecule has 0 unspecified atom stereocenters. The molecule has 0 radical (unpaired) electrons. The van der Waals surface area contributed by atoms with Crippen LogP contribution < -0.4 is 0 Å². The number of hydrogen-bond acceptors (Lipinski definition) is 4. The first kappa shape index (κ1) is 15.7. The minimum Gasteiger partial charge on any atom is -0.383 e. The average molecular weight is 285 g/mol. The number of ether oxygens (including phenoxy) is 3. The number of carbonyl (C=O) groups excluding carboxylic acids is 1. The molecule has 2 rings (SSSR count). The highest BCUT2D eigenvalue weighted by Crippen LogP contribution is 2.22. The molecular formula is C15H27NO4. The molecule has 0 bridgehead atoms. The van der Waals surface area contributed by atoms with Crippen molar-refractivity contribution in [3.05, 3.63) is 0 Å². The Hall–Kier alpha value is -0.650. The number of amides is 1.